The van der Waals surface area contributed by atoms with Crippen molar-refractivity contribution in [2.24, 2.45) is 5.92 Å². The van der Waals surface area contributed by atoms with Gasteiger partial charge in [-0.1, -0.05) is 38.1 Å². The van der Waals surface area contributed by atoms with E-state index in [2.05, 4.69) is 30.7 Å². The molecule has 4 rings (SSSR count). The molecule has 1 aliphatic heterocycles. The van der Waals surface area contributed by atoms with Gasteiger partial charge in [0.05, 0.1) is 11.0 Å². The summed E-state index contributed by atoms with van der Waals surface area (Å²) in [5.41, 5.74) is 3.87. The predicted octanol–water partition coefficient (Wildman–Crippen LogP) is 3.59. The fourth-order valence-corrected chi connectivity index (χ4v) is 3.48. The van der Waals surface area contributed by atoms with Crippen LogP contribution in [0.25, 0.3) is 22.3 Å². The molecule has 2 heterocycles. The van der Waals surface area contributed by atoms with E-state index in [1.807, 2.05) is 47.4 Å². The molecule has 2 aromatic carbocycles. The quantitative estimate of drug-likeness (QED) is 0.787. The number of rotatable bonds is 3. The topological polar surface area (TPSA) is 66.1 Å². The molecule has 0 bridgehead atoms. The summed E-state index contributed by atoms with van der Waals surface area (Å²) in [7, 11) is 0. The maximum absolute atomic E-state index is 12.8. The summed E-state index contributed by atoms with van der Waals surface area (Å²) in [4.78, 5) is 34.8. The molecular weight excluding hydrogens is 326 g/mol. The first-order valence-electron chi connectivity index (χ1n) is 8.89. The van der Waals surface area contributed by atoms with Crippen LogP contribution in [0.5, 0.6) is 0 Å². The Labute approximate surface area is 151 Å². The van der Waals surface area contributed by atoms with E-state index >= 15 is 0 Å². The maximum atomic E-state index is 12.8. The van der Waals surface area contributed by atoms with Gasteiger partial charge >= 0.3 is 0 Å². The molecule has 1 N–H and O–H groups in total. The molecule has 26 heavy (non-hydrogen) atoms. The summed E-state index contributed by atoms with van der Waals surface area (Å²) in [5.74, 6) is 0.388. The van der Waals surface area contributed by atoms with Gasteiger partial charge in [-0.3, -0.25) is 9.59 Å². The Morgan fingerprint density at radius 2 is 1.73 bits per heavy atom. The van der Waals surface area contributed by atoms with Gasteiger partial charge in [0.2, 0.25) is 0 Å². The second kappa shape index (κ2) is 6.09. The number of aromatic nitrogens is 2. The molecule has 1 aromatic heterocycles. The smallest absolute Gasteiger partial charge is 0.274 e. The molecule has 1 amide bonds. The predicted molar refractivity (Wildman–Crippen MR) is 102 cm³/mol. The lowest BCUT2D eigenvalue weighted by Gasteiger charge is -2.27. The minimum absolute atomic E-state index is 0.0280. The van der Waals surface area contributed by atoms with E-state index in [4.69, 9.17) is 0 Å². The molecular formula is C21H21N3O2. The van der Waals surface area contributed by atoms with E-state index in [0.717, 1.165) is 16.6 Å². The Kier molecular flexibility index (Phi) is 3.87. The van der Waals surface area contributed by atoms with Crippen molar-refractivity contribution in [3.05, 3.63) is 63.9 Å². The molecule has 0 spiro atoms. The normalized spacial score (nSPS) is 14.9. The van der Waals surface area contributed by atoms with Gasteiger partial charge in [0.1, 0.15) is 5.69 Å². The van der Waals surface area contributed by atoms with Gasteiger partial charge in [-0.25, -0.2) is 4.98 Å². The van der Waals surface area contributed by atoms with Crippen molar-refractivity contribution in [3.63, 3.8) is 0 Å². The van der Waals surface area contributed by atoms with Gasteiger partial charge in [0.25, 0.3) is 11.5 Å². The summed E-state index contributed by atoms with van der Waals surface area (Å²) in [6.07, 6.45) is 0. The lowest BCUT2D eigenvalue weighted by Crippen LogP contribution is -2.36. The fraction of sp³-hybridized carbons (Fsp3) is 0.286. The standard InChI is InChI=1S/C21H21N3O2/c1-12(2)13(3)24-11-16-14(7-6-8-15(16)21(24)26)19-20(25)23-18-10-5-4-9-17(18)22-19/h4-10,12-13H,11H2,1-3H3,(H,23,25). The summed E-state index contributed by atoms with van der Waals surface area (Å²) >= 11 is 0. The minimum Gasteiger partial charge on any atom is -0.331 e. The third-order valence-corrected chi connectivity index (χ3v) is 5.31. The number of carbonyl (C=O) groups is 1. The molecule has 0 fully saturated rings. The van der Waals surface area contributed by atoms with E-state index < -0.39 is 0 Å². The van der Waals surface area contributed by atoms with Gasteiger partial charge in [-0.2, -0.15) is 0 Å². The molecule has 1 atom stereocenters. The molecule has 0 saturated heterocycles. The van der Waals surface area contributed by atoms with E-state index in [1.165, 1.54) is 0 Å². The zero-order chi connectivity index (χ0) is 18.4. The summed E-state index contributed by atoms with van der Waals surface area (Å²) in [5, 5.41) is 0. The van der Waals surface area contributed by atoms with Crippen molar-refractivity contribution < 1.29 is 4.79 Å². The molecule has 0 radical (unpaired) electrons. The van der Waals surface area contributed by atoms with Gasteiger partial charge in [-0.15, -0.1) is 0 Å². The van der Waals surface area contributed by atoms with Crippen molar-refractivity contribution in [2.75, 3.05) is 0 Å². The fourth-order valence-electron chi connectivity index (χ4n) is 3.48. The SMILES string of the molecule is CC(C)C(C)N1Cc2c(cccc2-c2nc3ccccc3[nH]c2=O)C1=O. The molecule has 5 nitrogen and oxygen atoms in total. The van der Waals surface area contributed by atoms with E-state index in [-0.39, 0.29) is 17.5 Å². The van der Waals surface area contributed by atoms with Gasteiger partial charge in [-0.05, 0) is 36.6 Å². The Morgan fingerprint density at radius 1 is 1.00 bits per heavy atom. The van der Waals surface area contributed by atoms with Crippen LogP contribution in [-0.4, -0.2) is 26.8 Å². The zero-order valence-corrected chi connectivity index (χ0v) is 15.1. The van der Waals surface area contributed by atoms with Gasteiger partial charge in [0, 0.05) is 23.7 Å². The van der Waals surface area contributed by atoms with E-state index in [9.17, 15) is 9.59 Å². The number of nitrogens with one attached hydrogen (secondary N) is 1. The maximum Gasteiger partial charge on any atom is 0.274 e. The lowest BCUT2D eigenvalue weighted by atomic mass is 10.0. The first kappa shape index (κ1) is 16.5. The van der Waals surface area contributed by atoms with Crippen molar-refractivity contribution in [1.29, 1.82) is 0 Å². The second-order valence-electron chi connectivity index (χ2n) is 7.18. The monoisotopic (exact) mass is 347 g/mol. The zero-order valence-electron chi connectivity index (χ0n) is 15.1. The highest BCUT2D eigenvalue weighted by molar-refractivity contribution is 6.00. The number of para-hydroxylation sites is 2. The number of fused-ring (bicyclic) bond motifs is 2. The van der Waals surface area contributed by atoms with Crippen LogP contribution >= 0.6 is 0 Å². The average Bonchev–Trinajstić information content (AvgIpc) is 2.97. The van der Waals surface area contributed by atoms with Crippen molar-refractivity contribution in [1.82, 2.24) is 14.9 Å². The van der Waals surface area contributed by atoms with Crippen LogP contribution in [0.1, 0.15) is 36.7 Å². The number of hydrogen-bond acceptors (Lipinski definition) is 3. The largest absolute Gasteiger partial charge is 0.331 e. The van der Waals surface area contributed by atoms with Crippen LogP contribution in [0, 0.1) is 5.92 Å². The van der Waals surface area contributed by atoms with Crippen LogP contribution in [0.4, 0.5) is 0 Å². The average molecular weight is 347 g/mol. The summed E-state index contributed by atoms with van der Waals surface area (Å²) in [6, 6.07) is 13.1. The molecule has 3 aromatic rings. The van der Waals surface area contributed by atoms with Crippen molar-refractivity contribution >= 4 is 16.9 Å². The molecule has 132 valence electrons. The Hall–Kier alpha value is -2.95. The van der Waals surface area contributed by atoms with E-state index in [0.29, 0.717) is 29.2 Å². The van der Waals surface area contributed by atoms with Gasteiger partial charge in [0.15, 0.2) is 0 Å². The number of nitrogens with zero attached hydrogens (tertiary/aromatic N) is 2. The van der Waals surface area contributed by atoms with Crippen molar-refractivity contribution in [2.45, 2.75) is 33.4 Å². The lowest BCUT2D eigenvalue weighted by molar-refractivity contribution is 0.0673. The number of hydrogen-bond donors (Lipinski definition) is 1. The highest BCUT2D eigenvalue weighted by Crippen LogP contribution is 2.33. The molecule has 1 unspecified atom stereocenters. The van der Waals surface area contributed by atoms with Crippen LogP contribution in [0.3, 0.4) is 0 Å². The van der Waals surface area contributed by atoms with Crippen molar-refractivity contribution in [3.8, 4) is 11.3 Å². The Balaban J connectivity index is 1.86. The summed E-state index contributed by atoms with van der Waals surface area (Å²) < 4.78 is 0. The highest BCUT2D eigenvalue weighted by Gasteiger charge is 2.34. The van der Waals surface area contributed by atoms with Gasteiger partial charge < -0.3 is 9.88 Å². The number of aromatic amines is 1. The minimum atomic E-state index is -0.236. The first-order chi connectivity index (χ1) is 12.5. The number of carbonyl (C=O) groups excluding carboxylic acids is 1. The van der Waals surface area contributed by atoms with Crippen LogP contribution in [-0.2, 0) is 6.54 Å². The number of benzene rings is 2. The third-order valence-electron chi connectivity index (χ3n) is 5.31. The Bertz CT molecular complexity index is 1070. The first-order valence-corrected chi connectivity index (χ1v) is 8.89. The van der Waals surface area contributed by atoms with Crippen LogP contribution in [0.15, 0.2) is 47.3 Å². The highest BCUT2D eigenvalue weighted by atomic mass is 16.2. The van der Waals surface area contributed by atoms with Crippen LogP contribution < -0.4 is 5.56 Å². The second-order valence-corrected chi connectivity index (χ2v) is 7.18. The molecule has 0 aliphatic carbocycles. The van der Waals surface area contributed by atoms with Crippen LogP contribution in [0.2, 0.25) is 0 Å². The Morgan fingerprint density at radius 3 is 2.50 bits per heavy atom. The van der Waals surface area contributed by atoms with E-state index in [1.54, 1.807) is 0 Å². The summed E-state index contributed by atoms with van der Waals surface area (Å²) in [6.45, 7) is 6.79. The molecule has 5 heteroatoms. The molecule has 0 saturated carbocycles. The number of amides is 1. The molecule has 1 aliphatic rings. The third kappa shape index (κ3) is 2.51. The number of H-pyrrole nitrogens is 1.